The maximum atomic E-state index is 13.1. The van der Waals surface area contributed by atoms with Gasteiger partial charge in [0, 0.05) is 21.7 Å². The molecule has 0 amide bonds. The maximum Gasteiger partial charge on any atom is 0.417 e. The van der Waals surface area contributed by atoms with Crippen molar-refractivity contribution in [3.8, 4) is 0 Å². The fourth-order valence-electron chi connectivity index (χ4n) is 2.17. The molecule has 0 bridgehead atoms. The number of aromatic nitrogens is 1. The van der Waals surface area contributed by atoms with E-state index in [9.17, 15) is 13.2 Å². The Morgan fingerprint density at radius 1 is 1.22 bits per heavy atom. The van der Waals surface area contributed by atoms with Gasteiger partial charge < -0.3 is 4.90 Å². The Balaban J connectivity index is 1.89. The lowest BCUT2D eigenvalue weighted by atomic mass is 10.2. The number of hydrogen-bond acceptors (Lipinski definition) is 4. The highest BCUT2D eigenvalue weighted by Crippen LogP contribution is 2.40. The van der Waals surface area contributed by atoms with Crippen molar-refractivity contribution < 1.29 is 13.2 Å². The van der Waals surface area contributed by atoms with Gasteiger partial charge in [0.05, 0.1) is 11.4 Å². The predicted molar refractivity (Wildman–Crippen MR) is 88.5 cm³/mol. The predicted octanol–water partition coefficient (Wildman–Crippen LogP) is 5.62. The summed E-state index contributed by atoms with van der Waals surface area (Å²) in [5.74, 6) is 1.52. The summed E-state index contributed by atoms with van der Waals surface area (Å²) in [5, 5.41) is 2.04. The third-order valence-electron chi connectivity index (χ3n) is 3.30. The number of pyridine rings is 1. The second-order valence-electron chi connectivity index (χ2n) is 4.93. The van der Waals surface area contributed by atoms with E-state index in [2.05, 4.69) is 4.98 Å². The third-order valence-corrected chi connectivity index (χ3v) is 5.28. The Morgan fingerprint density at radius 2 is 2.00 bits per heavy atom. The zero-order valence-corrected chi connectivity index (χ0v) is 13.8. The minimum atomic E-state index is -4.36. The second-order valence-corrected chi connectivity index (χ2v) is 6.87. The molecule has 2 heterocycles. The molecule has 0 atom stereocenters. The molecule has 0 fully saturated rings. The van der Waals surface area contributed by atoms with E-state index in [0.717, 1.165) is 40.1 Å². The maximum absolute atomic E-state index is 13.1. The molecule has 7 heteroatoms. The number of thioether (sulfide) groups is 1. The molecular weight excluding hydrogens is 341 g/mol. The lowest BCUT2D eigenvalue weighted by Crippen LogP contribution is -2.17. The molecule has 0 N–H and O–H groups in total. The summed E-state index contributed by atoms with van der Waals surface area (Å²) in [6.07, 6.45) is -2.73. The number of anilines is 1. The van der Waals surface area contributed by atoms with E-state index in [1.165, 1.54) is 12.1 Å². The lowest BCUT2D eigenvalue weighted by molar-refractivity contribution is -0.139. The van der Waals surface area contributed by atoms with Crippen LogP contribution < -0.4 is 4.90 Å². The van der Waals surface area contributed by atoms with Crippen LogP contribution in [-0.2, 0) is 6.18 Å². The fourth-order valence-corrected chi connectivity index (χ4v) is 4.09. The summed E-state index contributed by atoms with van der Waals surface area (Å²) in [5.41, 5.74) is 0.469. The van der Waals surface area contributed by atoms with Crippen LogP contribution in [0.1, 0.15) is 12.5 Å². The van der Waals surface area contributed by atoms with Gasteiger partial charge in [0.25, 0.3) is 0 Å². The van der Waals surface area contributed by atoms with Crippen molar-refractivity contribution in [2.75, 3.05) is 10.8 Å². The van der Waals surface area contributed by atoms with Crippen LogP contribution in [0.4, 0.5) is 19.0 Å². The Bertz CT molecular complexity index is 744. The van der Waals surface area contributed by atoms with Gasteiger partial charge in [-0.1, -0.05) is 23.9 Å². The van der Waals surface area contributed by atoms with Gasteiger partial charge in [0.15, 0.2) is 0 Å². The number of alkyl halides is 3. The molecule has 1 aromatic carbocycles. The Morgan fingerprint density at radius 3 is 2.70 bits per heavy atom. The van der Waals surface area contributed by atoms with Gasteiger partial charge in [0.1, 0.15) is 5.82 Å². The average Bonchev–Trinajstić information content (AvgIpc) is 2.93. The summed E-state index contributed by atoms with van der Waals surface area (Å²) in [6.45, 7) is 1.99. The van der Waals surface area contributed by atoms with Gasteiger partial charge in [-0.3, -0.25) is 0 Å². The Labute approximate surface area is 140 Å². The molecule has 0 unspecified atom stereocenters. The summed E-state index contributed by atoms with van der Waals surface area (Å²) >= 11 is 2.77. The van der Waals surface area contributed by atoms with Gasteiger partial charge in [0.2, 0.25) is 0 Å². The van der Waals surface area contributed by atoms with Crippen molar-refractivity contribution >= 4 is 29.3 Å². The van der Waals surface area contributed by atoms with Gasteiger partial charge in [-0.25, -0.2) is 4.98 Å². The van der Waals surface area contributed by atoms with E-state index < -0.39 is 11.7 Å². The van der Waals surface area contributed by atoms with Crippen molar-refractivity contribution in [1.82, 2.24) is 4.98 Å². The van der Waals surface area contributed by atoms with Crippen LogP contribution in [0.5, 0.6) is 0 Å². The van der Waals surface area contributed by atoms with Gasteiger partial charge >= 0.3 is 6.18 Å². The van der Waals surface area contributed by atoms with Crippen LogP contribution in [0.3, 0.4) is 0 Å². The molecule has 23 heavy (non-hydrogen) atoms. The largest absolute Gasteiger partial charge is 0.417 e. The van der Waals surface area contributed by atoms with E-state index in [0.29, 0.717) is 0 Å². The molecule has 0 saturated carbocycles. The molecule has 0 spiro atoms. The first kappa shape index (κ1) is 16.3. The van der Waals surface area contributed by atoms with Gasteiger partial charge in [-0.05, 0) is 36.6 Å². The molecular formula is C16H13F3N2S2. The van der Waals surface area contributed by atoms with Crippen LogP contribution in [0.15, 0.2) is 63.5 Å². The van der Waals surface area contributed by atoms with Crippen LogP contribution >= 0.6 is 23.5 Å². The monoisotopic (exact) mass is 354 g/mol. The number of rotatable bonds is 3. The minimum Gasteiger partial charge on any atom is -0.320 e. The van der Waals surface area contributed by atoms with E-state index in [1.807, 2.05) is 23.3 Å². The first-order valence-electron chi connectivity index (χ1n) is 6.81. The fraction of sp³-hybridized carbons (Fsp3) is 0.188. The first-order chi connectivity index (χ1) is 10.9. The lowest BCUT2D eigenvalue weighted by Gasteiger charge is -2.18. The number of allylic oxidation sites excluding steroid dienone is 1. The van der Waals surface area contributed by atoms with Crippen molar-refractivity contribution in [3.05, 3.63) is 59.3 Å². The standard InChI is InChI=1S/C16H13F3N2S2/c1-11-9-22-10-21(11)15-8-12(6-7-20-15)23-14-5-3-2-4-13(14)16(17,18)19/h2-9H,10H2,1H3. The smallest absolute Gasteiger partial charge is 0.320 e. The zero-order valence-electron chi connectivity index (χ0n) is 12.2. The van der Waals surface area contributed by atoms with Crippen molar-refractivity contribution in [3.63, 3.8) is 0 Å². The van der Waals surface area contributed by atoms with Crippen molar-refractivity contribution in [2.24, 2.45) is 0 Å². The number of halogens is 3. The van der Waals surface area contributed by atoms with Crippen LogP contribution in [0.25, 0.3) is 0 Å². The molecule has 1 aliphatic heterocycles. The summed E-state index contributed by atoms with van der Waals surface area (Å²) in [6, 6.07) is 9.16. The summed E-state index contributed by atoms with van der Waals surface area (Å²) < 4.78 is 39.2. The van der Waals surface area contributed by atoms with Gasteiger partial charge in [-0.2, -0.15) is 13.2 Å². The highest BCUT2D eigenvalue weighted by atomic mass is 32.2. The number of hydrogen-bond donors (Lipinski definition) is 0. The Hall–Kier alpha value is -1.60. The molecule has 0 saturated heterocycles. The topological polar surface area (TPSA) is 16.1 Å². The molecule has 2 aromatic rings. The van der Waals surface area contributed by atoms with E-state index in [4.69, 9.17) is 0 Å². The van der Waals surface area contributed by atoms with E-state index in [1.54, 1.807) is 30.1 Å². The van der Waals surface area contributed by atoms with E-state index >= 15 is 0 Å². The average molecular weight is 354 g/mol. The Kier molecular flexibility index (Phi) is 4.59. The quantitative estimate of drug-likeness (QED) is 0.710. The molecule has 0 radical (unpaired) electrons. The van der Waals surface area contributed by atoms with Crippen LogP contribution in [0.2, 0.25) is 0 Å². The molecule has 1 aromatic heterocycles. The summed E-state index contributed by atoms with van der Waals surface area (Å²) in [4.78, 5) is 7.28. The summed E-state index contributed by atoms with van der Waals surface area (Å²) in [7, 11) is 0. The highest BCUT2D eigenvalue weighted by Gasteiger charge is 2.33. The van der Waals surface area contributed by atoms with Crippen molar-refractivity contribution in [2.45, 2.75) is 22.9 Å². The second kappa shape index (κ2) is 6.49. The molecule has 2 nitrogen and oxygen atoms in total. The number of benzene rings is 1. The SMILES string of the molecule is CC1=CSCN1c1cc(Sc2ccccc2C(F)(F)F)ccn1. The molecule has 120 valence electrons. The molecule has 0 aliphatic carbocycles. The van der Waals surface area contributed by atoms with E-state index in [-0.39, 0.29) is 4.90 Å². The zero-order chi connectivity index (χ0) is 16.4. The third kappa shape index (κ3) is 3.67. The number of nitrogens with zero attached hydrogens (tertiary/aromatic N) is 2. The van der Waals surface area contributed by atoms with Crippen molar-refractivity contribution in [1.29, 1.82) is 0 Å². The van der Waals surface area contributed by atoms with Crippen LogP contribution in [-0.4, -0.2) is 10.9 Å². The molecule has 1 aliphatic rings. The molecule has 3 rings (SSSR count). The van der Waals surface area contributed by atoms with Gasteiger partial charge in [-0.15, -0.1) is 11.8 Å². The normalized spacial score (nSPS) is 15.0. The minimum absolute atomic E-state index is 0.195. The first-order valence-corrected chi connectivity index (χ1v) is 8.68. The van der Waals surface area contributed by atoms with Crippen LogP contribution in [0, 0.1) is 0 Å². The highest BCUT2D eigenvalue weighted by molar-refractivity contribution is 8.02.